The van der Waals surface area contributed by atoms with Gasteiger partial charge in [-0.2, -0.15) is 0 Å². The maximum atomic E-state index is 10.3. The van der Waals surface area contributed by atoms with E-state index in [9.17, 15) is 4.79 Å². The summed E-state index contributed by atoms with van der Waals surface area (Å²) < 4.78 is 0. The summed E-state index contributed by atoms with van der Waals surface area (Å²) in [5, 5.41) is 2.25. The van der Waals surface area contributed by atoms with E-state index in [1.807, 2.05) is 12.9 Å². The van der Waals surface area contributed by atoms with Gasteiger partial charge in [-0.25, -0.2) is 9.78 Å². The number of aromatic nitrogens is 1. The standard InChI is InChI=1S/C7H8N2OS/c1-2-5(3-10)6-4-11-7(8)9-6/h4H,2H2,1H3,(H2,8,9). The van der Waals surface area contributed by atoms with Gasteiger partial charge in [0.15, 0.2) is 5.13 Å². The van der Waals surface area contributed by atoms with Crippen molar-refractivity contribution in [3.8, 4) is 0 Å². The van der Waals surface area contributed by atoms with Crippen LogP contribution in [0.5, 0.6) is 0 Å². The first-order chi connectivity index (χ1) is 5.27. The fraction of sp³-hybridized carbons (Fsp3) is 0.286. The van der Waals surface area contributed by atoms with E-state index in [0.29, 0.717) is 22.8 Å². The molecule has 0 aromatic carbocycles. The molecule has 0 aliphatic heterocycles. The summed E-state index contributed by atoms with van der Waals surface area (Å²) in [7, 11) is 0. The Labute approximate surface area is 68.6 Å². The highest BCUT2D eigenvalue weighted by Crippen LogP contribution is 2.18. The van der Waals surface area contributed by atoms with Gasteiger partial charge in [0.25, 0.3) is 0 Å². The lowest BCUT2D eigenvalue weighted by Crippen LogP contribution is -1.86. The third-order valence-corrected chi connectivity index (χ3v) is 1.98. The van der Waals surface area contributed by atoms with Gasteiger partial charge in [0, 0.05) is 5.38 Å². The molecule has 1 heterocycles. The zero-order valence-electron chi connectivity index (χ0n) is 6.13. The van der Waals surface area contributed by atoms with E-state index >= 15 is 0 Å². The molecule has 0 amide bonds. The maximum Gasteiger partial charge on any atom is 0.180 e. The molecule has 2 N–H and O–H groups in total. The first-order valence-electron chi connectivity index (χ1n) is 3.23. The maximum absolute atomic E-state index is 10.3. The molecule has 1 aromatic heterocycles. The largest absolute Gasteiger partial charge is 0.375 e. The van der Waals surface area contributed by atoms with Gasteiger partial charge in [0.1, 0.15) is 5.94 Å². The summed E-state index contributed by atoms with van der Waals surface area (Å²) in [6.45, 7) is 1.88. The van der Waals surface area contributed by atoms with Crippen LogP contribution in [-0.2, 0) is 4.79 Å². The van der Waals surface area contributed by atoms with Gasteiger partial charge < -0.3 is 5.73 Å². The number of nitrogen functional groups attached to an aromatic ring is 1. The van der Waals surface area contributed by atoms with Crippen molar-refractivity contribution in [1.82, 2.24) is 4.98 Å². The Morgan fingerprint density at radius 1 is 1.91 bits per heavy atom. The number of rotatable bonds is 2. The highest BCUT2D eigenvalue weighted by molar-refractivity contribution is 7.13. The Bertz CT molecular complexity index is 299. The molecule has 0 saturated carbocycles. The number of hydrogen-bond donors (Lipinski definition) is 1. The van der Waals surface area contributed by atoms with Gasteiger partial charge in [-0.15, -0.1) is 11.3 Å². The molecule has 0 aliphatic carbocycles. The molecule has 58 valence electrons. The Morgan fingerprint density at radius 3 is 3.00 bits per heavy atom. The molecule has 0 spiro atoms. The molecule has 0 unspecified atom stereocenters. The number of anilines is 1. The third kappa shape index (κ3) is 1.67. The molecule has 1 aromatic rings. The average Bonchev–Trinajstić information content (AvgIpc) is 2.39. The van der Waals surface area contributed by atoms with Crippen LogP contribution in [0.2, 0.25) is 0 Å². The van der Waals surface area contributed by atoms with Crippen LogP contribution in [0.15, 0.2) is 5.38 Å². The van der Waals surface area contributed by atoms with E-state index in [1.165, 1.54) is 11.3 Å². The number of thiazole rings is 1. The van der Waals surface area contributed by atoms with Crippen molar-refractivity contribution in [2.45, 2.75) is 13.3 Å². The van der Waals surface area contributed by atoms with E-state index < -0.39 is 0 Å². The molecular formula is C7H8N2OS. The zero-order chi connectivity index (χ0) is 8.27. The summed E-state index contributed by atoms with van der Waals surface area (Å²) >= 11 is 1.33. The lowest BCUT2D eigenvalue weighted by atomic mass is 10.2. The fourth-order valence-corrected chi connectivity index (χ4v) is 1.31. The van der Waals surface area contributed by atoms with Crippen LogP contribution in [-0.4, -0.2) is 10.9 Å². The van der Waals surface area contributed by atoms with Gasteiger partial charge in [-0.05, 0) is 6.42 Å². The van der Waals surface area contributed by atoms with Crippen LogP contribution in [0.1, 0.15) is 19.0 Å². The fourth-order valence-electron chi connectivity index (χ4n) is 0.732. The van der Waals surface area contributed by atoms with Crippen LogP contribution in [0.25, 0.3) is 5.57 Å². The van der Waals surface area contributed by atoms with Crippen molar-refractivity contribution in [3.05, 3.63) is 11.1 Å². The topological polar surface area (TPSA) is 56.0 Å². The van der Waals surface area contributed by atoms with Crippen LogP contribution < -0.4 is 5.73 Å². The van der Waals surface area contributed by atoms with Gasteiger partial charge >= 0.3 is 0 Å². The van der Waals surface area contributed by atoms with Crippen molar-refractivity contribution < 1.29 is 4.79 Å². The molecular weight excluding hydrogens is 160 g/mol. The summed E-state index contributed by atoms with van der Waals surface area (Å²) in [5.41, 5.74) is 6.63. The first-order valence-corrected chi connectivity index (χ1v) is 4.11. The summed E-state index contributed by atoms with van der Waals surface area (Å²) in [6, 6.07) is 0. The molecule has 4 heteroatoms. The van der Waals surface area contributed by atoms with Gasteiger partial charge in [0.05, 0.1) is 11.3 Å². The number of allylic oxidation sites excluding steroid dienone is 1. The van der Waals surface area contributed by atoms with Crippen molar-refractivity contribution in [2.75, 3.05) is 5.73 Å². The van der Waals surface area contributed by atoms with Crippen LogP contribution >= 0.6 is 11.3 Å². The second-order valence-corrected chi connectivity index (χ2v) is 2.89. The normalized spacial score (nSPS) is 9.18. The second-order valence-electron chi connectivity index (χ2n) is 2.01. The predicted octanol–water partition coefficient (Wildman–Crippen LogP) is 1.35. The molecule has 0 saturated heterocycles. The number of nitrogens with two attached hydrogens (primary N) is 1. The van der Waals surface area contributed by atoms with Crippen molar-refractivity contribution in [1.29, 1.82) is 0 Å². The lowest BCUT2D eigenvalue weighted by Gasteiger charge is -1.90. The summed E-state index contributed by atoms with van der Waals surface area (Å²) in [6.07, 6.45) is 0.646. The number of carbonyl (C=O) groups excluding carboxylic acids is 1. The first kappa shape index (κ1) is 7.98. The smallest absolute Gasteiger partial charge is 0.180 e. The Kier molecular flexibility index (Phi) is 2.41. The van der Waals surface area contributed by atoms with Gasteiger partial charge in [-0.3, -0.25) is 0 Å². The molecule has 3 nitrogen and oxygen atoms in total. The quantitative estimate of drug-likeness (QED) is 0.678. The van der Waals surface area contributed by atoms with E-state index in [4.69, 9.17) is 5.73 Å². The minimum absolute atomic E-state index is 0.487. The Balaban J connectivity index is 3.01. The van der Waals surface area contributed by atoms with Crippen LogP contribution in [0, 0.1) is 0 Å². The third-order valence-electron chi connectivity index (χ3n) is 1.31. The molecule has 11 heavy (non-hydrogen) atoms. The SMILES string of the molecule is CCC(=C=O)c1csc(N)n1. The predicted molar refractivity (Wildman–Crippen MR) is 45.9 cm³/mol. The van der Waals surface area contributed by atoms with Crippen molar-refractivity contribution in [2.24, 2.45) is 0 Å². The molecule has 0 aliphatic rings. The lowest BCUT2D eigenvalue weighted by molar-refractivity contribution is 0.569. The minimum atomic E-state index is 0.487. The Morgan fingerprint density at radius 2 is 2.64 bits per heavy atom. The summed E-state index contributed by atoms with van der Waals surface area (Å²) in [4.78, 5) is 14.3. The van der Waals surface area contributed by atoms with Gasteiger partial charge in [-0.1, -0.05) is 6.92 Å². The average molecular weight is 168 g/mol. The number of hydrogen-bond acceptors (Lipinski definition) is 4. The molecule has 0 bridgehead atoms. The zero-order valence-corrected chi connectivity index (χ0v) is 6.94. The van der Waals surface area contributed by atoms with E-state index in [1.54, 1.807) is 5.38 Å². The van der Waals surface area contributed by atoms with E-state index in [2.05, 4.69) is 4.98 Å². The van der Waals surface area contributed by atoms with Crippen LogP contribution in [0.3, 0.4) is 0 Å². The Hall–Kier alpha value is -1.12. The van der Waals surface area contributed by atoms with Crippen LogP contribution in [0.4, 0.5) is 5.13 Å². The van der Waals surface area contributed by atoms with E-state index in [-0.39, 0.29) is 0 Å². The molecule has 1 rings (SSSR count). The van der Waals surface area contributed by atoms with Crippen molar-refractivity contribution in [3.63, 3.8) is 0 Å². The second kappa shape index (κ2) is 3.32. The van der Waals surface area contributed by atoms with Gasteiger partial charge in [0.2, 0.25) is 0 Å². The monoisotopic (exact) mass is 168 g/mol. The van der Waals surface area contributed by atoms with E-state index in [0.717, 1.165) is 0 Å². The molecule has 0 fully saturated rings. The molecule has 0 radical (unpaired) electrons. The highest BCUT2D eigenvalue weighted by Gasteiger charge is 2.03. The number of nitrogens with zero attached hydrogens (tertiary/aromatic N) is 1. The highest BCUT2D eigenvalue weighted by atomic mass is 32.1. The molecule has 0 atom stereocenters. The summed E-state index contributed by atoms with van der Waals surface area (Å²) in [5.74, 6) is 1.84. The van der Waals surface area contributed by atoms with Crippen molar-refractivity contribution >= 4 is 28.0 Å². The minimum Gasteiger partial charge on any atom is -0.375 e.